The van der Waals surface area contributed by atoms with E-state index >= 15 is 0 Å². The average molecular weight is 74.9 g/mol. The van der Waals surface area contributed by atoms with Crippen LogP contribution in [-0.4, -0.2) is 6.91 Å². The molecule has 0 unspecified atom stereocenters. The topological polar surface area (TPSA) is 0 Å². The van der Waals surface area contributed by atoms with Crippen LogP contribution in [0.2, 0.25) is 0 Å². The van der Waals surface area contributed by atoms with Gasteiger partial charge >= 0.3 is 37.0 Å². The SMILES string of the molecule is b1[c]cccc1. The third-order valence-electron chi connectivity index (χ3n) is 0.607. The van der Waals surface area contributed by atoms with E-state index < -0.39 is 0 Å². The summed E-state index contributed by atoms with van der Waals surface area (Å²) in [6.07, 6.45) is 0. The number of hydrogen-bond acceptors (Lipinski definition) is 0. The first kappa shape index (κ1) is 3.60. The molecule has 1 aromatic heterocycles. The summed E-state index contributed by atoms with van der Waals surface area (Å²) in [6.45, 7) is 1.88. The number of rotatable bonds is 0. The molecule has 0 fully saturated rings. The van der Waals surface area contributed by atoms with Crippen molar-refractivity contribution in [2.45, 2.75) is 0 Å². The molecule has 1 heterocycles. The molecule has 0 saturated heterocycles. The second-order valence-corrected chi connectivity index (χ2v) is 1.08. The van der Waals surface area contributed by atoms with Crippen molar-refractivity contribution in [3.63, 3.8) is 0 Å². The third kappa shape index (κ3) is 0.679. The van der Waals surface area contributed by atoms with Gasteiger partial charge in [-0.25, -0.2) is 0 Å². The Morgan fingerprint density at radius 3 is 2.50 bits per heavy atom. The second kappa shape index (κ2) is 1.76. The zero-order valence-electron chi connectivity index (χ0n) is 3.39. The molecule has 0 saturated carbocycles. The molecule has 0 N–H and O–H groups in total. The van der Waals surface area contributed by atoms with E-state index in [4.69, 9.17) is 0 Å². The molecule has 0 aliphatic carbocycles. The Labute approximate surface area is 38.0 Å². The van der Waals surface area contributed by atoms with Crippen molar-refractivity contribution in [3.8, 4) is 0 Å². The van der Waals surface area contributed by atoms with Crippen LogP contribution in [0.5, 0.6) is 0 Å². The first-order valence-electron chi connectivity index (χ1n) is 1.91. The molecule has 0 bridgehead atoms. The summed E-state index contributed by atoms with van der Waals surface area (Å²) >= 11 is 0. The zero-order chi connectivity index (χ0) is 4.24. The molecule has 0 aliphatic rings. The van der Waals surface area contributed by atoms with E-state index in [2.05, 4.69) is 5.96 Å². The van der Waals surface area contributed by atoms with Crippen molar-refractivity contribution < 1.29 is 0 Å². The molecule has 0 spiro atoms. The summed E-state index contributed by atoms with van der Waals surface area (Å²) in [5.41, 5.74) is 0. The summed E-state index contributed by atoms with van der Waals surface area (Å²) in [6, 6.07) is 5.79. The Bertz CT molecular complexity index is 75.9. The van der Waals surface area contributed by atoms with Gasteiger partial charge in [-0.05, 0) is 0 Å². The van der Waals surface area contributed by atoms with Gasteiger partial charge in [-0.3, -0.25) is 0 Å². The van der Waals surface area contributed by atoms with Crippen LogP contribution in [0.3, 0.4) is 0 Å². The van der Waals surface area contributed by atoms with Crippen molar-refractivity contribution >= 4 is 6.91 Å². The van der Waals surface area contributed by atoms with Crippen LogP contribution >= 0.6 is 0 Å². The molecule has 1 aromatic rings. The van der Waals surface area contributed by atoms with Crippen molar-refractivity contribution in [2.75, 3.05) is 0 Å². The van der Waals surface area contributed by atoms with Gasteiger partial charge in [-0.2, -0.15) is 0 Å². The molecule has 0 atom stereocenters. The fourth-order valence-corrected chi connectivity index (χ4v) is 0.342. The Kier molecular flexibility index (Phi) is 1.05. The maximum absolute atomic E-state index is 2.89. The van der Waals surface area contributed by atoms with Gasteiger partial charge in [0.15, 0.2) is 0 Å². The van der Waals surface area contributed by atoms with Crippen LogP contribution in [0.25, 0.3) is 0 Å². The first-order chi connectivity index (χ1) is 3.00. The van der Waals surface area contributed by atoms with Crippen molar-refractivity contribution in [1.29, 1.82) is 0 Å². The molecule has 6 heavy (non-hydrogen) atoms. The normalized spacial score (nSPS) is 7.33. The van der Waals surface area contributed by atoms with Crippen LogP contribution in [-0.2, 0) is 0 Å². The zero-order valence-corrected chi connectivity index (χ0v) is 3.39. The number of hydrogen-bond donors (Lipinski definition) is 0. The molecule has 0 aromatic carbocycles. The predicted molar refractivity (Wildman–Crippen MR) is 26.6 cm³/mol. The molecular formula is C5H4B. The van der Waals surface area contributed by atoms with Gasteiger partial charge in [0, 0.05) is 0 Å². The van der Waals surface area contributed by atoms with Gasteiger partial charge in [0.1, 0.15) is 0 Å². The average Bonchev–Trinajstić information content (AvgIpc) is 1.72. The van der Waals surface area contributed by atoms with Gasteiger partial charge in [-0.15, -0.1) is 0 Å². The predicted octanol–water partition coefficient (Wildman–Crippen LogP) is 0.825. The van der Waals surface area contributed by atoms with Crippen molar-refractivity contribution in [3.05, 3.63) is 30.1 Å². The summed E-state index contributed by atoms with van der Waals surface area (Å²) in [7, 11) is 0. The molecule has 1 radical (unpaired) electrons. The van der Waals surface area contributed by atoms with Crippen LogP contribution in [0.15, 0.2) is 24.2 Å². The van der Waals surface area contributed by atoms with E-state index in [0.29, 0.717) is 0 Å². The van der Waals surface area contributed by atoms with E-state index in [0.717, 1.165) is 0 Å². The van der Waals surface area contributed by atoms with Gasteiger partial charge in [-0.1, -0.05) is 0 Å². The van der Waals surface area contributed by atoms with Gasteiger partial charge in [0.25, 0.3) is 0 Å². The monoisotopic (exact) mass is 75.0 g/mol. The summed E-state index contributed by atoms with van der Waals surface area (Å²) in [4.78, 5) is 0. The van der Waals surface area contributed by atoms with Crippen LogP contribution in [0.4, 0.5) is 0 Å². The molecule has 1 rings (SSSR count). The first-order valence-corrected chi connectivity index (χ1v) is 1.91. The summed E-state index contributed by atoms with van der Waals surface area (Å²) < 4.78 is 0. The molecule has 0 amide bonds. The molecule has 0 nitrogen and oxygen atoms in total. The quantitative estimate of drug-likeness (QED) is 0.428. The maximum atomic E-state index is 2.89. The van der Waals surface area contributed by atoms with E-state index in [1.807, 2.05) is 31.1 Å². The van der Waals surface area contributed by atoms with Gasteiger partial charge in [0.05, 0.1) is 0 Å². The minimum absolute atomic E-state index is 1.88. The Hall–Kier alpha value is -0.585. The fourth-order valence-electron chi connectivity index (χ4n) is 0.342. The Morgan fingerprint density at radius 2 is 2.33 bits per heavy atom. The Morgan fingerprint density at radius 1 is 1.33 bits per heavy atom. The van der Waals surface area contributed by atoms with Crippen LogP contribution in [0.1, 0.15) is 0 Å². The van der Waals surface area contributed by atoms with Gasteiger partial charge < -0.3 is 0 Å². The van der Waals surface area contributed by atoms with E-state index in [1.54, 1.807) is 0 Å². The van der Waals surface area contributed by atoms with Crippen molar-refractivity contribution in [1.82, 2.24) is 0 Å². The van der Waals surface area contributed by atoms with E-state index in [1.165, 1.54) is 0 Å². The van der Waals surface area contributed by atoms with Gasteiger partial charge in [0.2, 0.25) is 0 Å². The Balaban J connectivity index is 3.00. The fraction of sp³-hybridized carbons (Fsp3) is 0. The standard InChI is InChI=1S/C5H4B/c1-2-4-6-5-3-1/h1-4H. The van der Waals surface area contributed by atoms with Crippen molar-refractivity contribution in [2.24, 2.45) is 0 Å². The summed E-state index contributed by atoms with van der Waals surface area (Å²) in [5, 5.41) is 0. The molecule has 27 valence electrons. The molecule has 0 aliphatic heterocycles. The van der Waals surface area contributed by atoms with Crippen LogP contribution < -0.4 is 0 Å². The van der Waals surface area contributed by atoms with E-state index in [-0.39, 0.29) is 0 Å². The second-order valence-electron chi connectivity index (χ2n) is 1.08. The molecular weight excluding hydrogens is 70.9 g/mol. The third-order valence-corrected chi connectivity index (χ3v) is 0.607. The van der Waals surface area contributed by atoms with Crippen LogP contribution in [0, 0.1) is 5.96 Å². The molecule has 1 heteroatoms. The minimum atomic E-state index is 1.88. The van der Waals surface area contributed by atoms with E-state index in [9.17, 15) is 0 Å². The summed E-state index contributed by atoms with van der Waals surface area (Å²) in [5.74, 6) is 4.84.